The highest BCUT2D eigenvalue weighted by Gasteiger charge is 2.21. The Kier molecular flexibility index (Phi) is 5.40. The number of benzene rings is 2. The standard InChI is InChI=1S/C19H19NO4S/c1-3-23-11-25-18-15(19(22)24-4-2)17(21)14-10-9-12-7-5-6-8-13(12)16(14)20-18/h5-10H,3-4,11H2,1-2H3,(H,20,21). The summed E-state index contributed by atoms with van der Waals surface area (Å²) in [7, 11) is 0. The number of ether oxygens (including phenoxy) is 2. The Labute approximate surface area is 149 Å². The van der Waals surface area contributed by atoms with Crippen LogP contribution in [0.4, 0.5) is 0 Å². The van der Waals surface area contributed by atoms with Gasteiger partial charge in [-0.3, -0.25) is 4.79 Å². The normalized spacial score (nSPS) is 11.1. The molecule has 0 aliphatic carbocycles. The Balaban J connectivity index is 2.26. The smallest absolute Gasteiger partial charge is 0.344 e. The second-order valence-electron chi connectivity index (χ2n) is 5.34. The highest BCUT2D eigenvalue weighted by Crippen LogP contribution is 2.27. The topological polar surface area (TPSA) is 68.4 Å². The van der Waals surface area contributed by atoms with Crippen LogP contribution in [-0.2, 0) is 9.47 Å². The SMILES string of the molecule is CCOCSc1[nH]c2c(ccc3ccccc32)c(=O)c1C(=O)OCC. The highest BCUT2D eigenvalue weighted by molar-refractivity contribution is 7.99. The van der Waals surface area contributed by atoms with Crippen molar-refractivity contribution in [2.24, 2.45) is 0 Å². The Bertz CT molecular complexity index is 980. The molecule has 3 aromatic rings. The molecule has 1 N–H and O–H groups in total. The molecule has 0 aliphatic heterocycles. The van der Waals surface area contributed by atoms with E-state index in [2.05, 4.69) is 4.98 Å². The van der Waals surface area contributed by atoms with Crippen molar-refractivity contribution in [1.29, 1.82) is 0 Å². The Morgan fingerprint density at radius 3 is 2.64 bits per heavy atom. The number of pyridine rings is 1. The van der Waals surface area contributed by atoms with Crippen molar-refractivity contribution >= 4 is 39.4 Å². The number of esters is 1. The number of nitrogens with one attached hydrogen (secondary N) is 1. The first-order chi connectivity index (χ1) is 12.2. The van der Waals surface area contributed by atoms with E-state index >= 15 is 0 Å². The van der Waals surface area contributed by atoms with Crippen molar-refractivity contribution in [2.45, 2.75) is 18.9 Å². The molecule has 0 spiro atoms. The molecule has 0 fully saturated rings. The molecule has 0 saturated heterocycles. The quantitative estimate of drug-likeness (QED) is 0.238. The van der Waals surface area contributed by atoms with E-state index in [4.69, 9.17) is 9.47 Å². The van der Waals surface area contributed by atoms with Crippen LogP contribution < -0.4 is 5.43 Å². The van der Waals surface area contributed by atoms with Gasteiger partial charge in [-0.25, -0.2) is 4.79 Å². The summed E-state index contributed by atoms with van der Waals surface area (Å²) in [5.41, 5.74) is 0.432. The van der Waals surface area contributed by atoms with Gasteiger partial charge in [0.05, 0.1) is 23.1 Å². The molecule has 1 aromatic heterocycles. The number of fused-ring (bicyclic) bond motifs is 3. The predicted molar refractivity (Wildman–Crippen MR) is 100 cm³/mol. The average molecular weight is 357 g/mol. The van der Waals surface area contributed by atoms with E-state index < -0.39 is 5.97 Å². The monoisotopic (exact) mass is 357 g/mol. The van der Waals surface area contributed by atoms with E-state index in [1.54, 1.807) is 13.0 Å². The van der Waals surface area contributed by atoms with E-state index in [0.29, 0.717) is 23.0 Å². The second kappa shape index (κ2) is 7.72. The van der Waals surface area contributed by atoms with Gasteiger partial charge < -0.3 is 14.5 Å². The van der Waals surface area contributed by atoms with Crippen LogP contribution in [0.1, 0.15) is 24.2 Å². The van der Waals surface area contributed by atoms with E-state index in [1.165, 1.54) is 11.8 Å². The number of hydrogen-bond acceptors (Lipinski definition) is 5. The summed E-state index contributed by atoms with van der Waals surface area (Å²) in [6.45, 7) is 4.38. The fourth-order valence-corrected chi connectivity index (χ4v) is 3.55. The lowest BCUT2D eigenvalue weighted by Gasteiger charge is -2.12. The fourth-order valence-electron chi connectivity index (χ4n) is 2.69. The van der Waals surface area contributed by atoms with Crippen LogP contribution in [-0.4, -0.2) is 30.1 Å². The molecular weight excluding hydrogens is 338 g/mol. The van der Waals surface area contributed by atoms with Crippen molar-refractivity contribution in [3.8, 4) is 0 Å². The summed E-state index contributed by atoms with van der Waals surface area (Å²) in [5, 5.41) is 2.91. The molecule has 130 valence electrons. The van der Waals surface area contributed by atoms with Crippen LogP contribution in [0.2, 0.25) is 0 Å². The summed E-state index contributed by atoms with van der Waals surface area (Å²) in [6.07, 6.45) is 0. The molecule has 0 aliphatic rings. The third-order valence-corrected chi connectivity index (χ3v) is 4.72. The number of rotatable bonds is 6. The van der Waals surface area contributed by atoms with Crippen LogP contribution in [0, 0.1) is 0 Å². The van der Waals surface area contributed by atoms with Gasteiger partial charge in [0.25, 0.3) is 0 Å². The van der Waals surface area contributed by atoms with E-state index in [1.807, 2.05) is 37.3 Å². The molecular formula is C19H19NO4S. The maximum Gasteiger partial charge on any atom is 0.344 e. The van der Waals surface area contributed by atoms with Crippen LogP contribution in [0.3, 0.4) is 0 Å². The number of hydrogen-bond donors (Lipinski definition) is 1. The number of aromatic amines is 1. The molecule has 0 atom stereocenters. The largest absolute Gasteiger partial charge is 0.462 e. The first-order valence-electron chi connectivity index (χ1n) is 8.12. The third-order valence-electron chi connectivity index (χ3n) is 3.84. The van der Waals surface area contributed by atoms with Crippen LogP contribution >= 0.6 is 11.8 Å². The molecule has 0 amide bonds. The van der Waals surface area contributed by atoms with Crippen molar-refractivity contribution in [3.63, 3.8) is 0 Å². The van der Waals surface area contributed by atoms with Gasteiger partial charge in [-0.2, -0.15) is 0 Å². The lowest BCUT2D eigenvalue weighted by Crippen LogP contribution is -2.20. The minimum Gasteiger partial charge on any atom is -0.462 e. The summed E-state index contributed by atoms with van der Waals surface area (Å²) in [6, 6.07) is 11.4. The number of carbonyl (C=O) groups is 1. The Morgan fingerprint density at radius 1 is 1.08 bits per heavy atom. The summed E-state index contributed by atoms with van der Waals surface area (Å²) in [5.74, 6) is -0.271. The first-order valence-corrected chi connectivity index (χ1v) is 9.11. The van der Waals surface area contributed by atoms with Crippen LogP contribution in [0.25, 0.3) is 21.7 Å². The minimum absolute atomic E-state index is 0.0364. The molecule has 0 unspecified atom stereocenters. The highest BCUT2D eigenvalue weighted by atomic mass is 32.2. The third kappa shape index (κ3) is 3.41. The van der Waals surface area contributed by atoms with Gasteiger partial charge >= 0.3 is 5.97 Å². The second-order valence-corrected chi connectivity index (χ2v) is 6.28. The van der Waals surface area contributed by atoms with Crippen LogP contribution in [0.5, 0.6) is 0 Å². The average Bonchev–Trinajstić information content (AvgIpc) is 2.62. The van der Waals surface area contributed by atoms with Crippen molar-refractivity contribution in [3.05, 3.63) is 52.2 Å². The molecule has 3 rings (SSSR count). The molecule has 0 radical (unpaired) electrons. The number of aromatic nitrogens is 1. The van der Waals surface area contributed by atoms with Gasteiger partial charge in [0, 0.05) is 17.4 Å². The molecule has 1 heterocycles. The van der Waals surface area contributed by atoms with Gasteiger partial charge in [-0.1, -0.05) is 42.1 Å². The van der Waals surface area contributed by atoms with Crippen molar-refractivity contribution < 1.29 is 14.3 Å². The fraction of sp³-hybridized carbons (Fsp3) is 0.263. The molecule has 6 heteroatoms. The number of H-pyrrole nitrogens is 1. The predicted octanol–water partition coefficient (Wildman–Crippen LogP) is 3.94. The lowest BCUT2D eigenvalue weighted by molar-refractivity contribution is 0.0520. The lowest BCUT2D eigenvalue weighted by atomic mass is 10.0. The molecule has 5 nitrogen and oxygen atoms in total. The Morgan fingerprint density at radius 2 is 1.88 bits per heavy atom. The molecule has 0 saturated carbocycles. The first kappa shape index (κ1) is 17.5. The van der Waals surface area contributed by atoms with Gasteiger partial charge in [0.2, 0.25) is 5.43 Å². The van der Waals surface area contributed by atoms with E-state index in [-0.39, 0.29) is 17.6 Å². The van der Waals surface area contributed by atoms with E-state index in [0.717, 1.165) is 16.3 Å². The van der Waals surface area contributed by atoms with Gasteiger partial charge in [0.15, 0.2) is 0 Å². The maximum atomic E-state index is 13.0. The zero-order valence-corrected chi connectivity index (χ0v) is 14.9. The van der Waals surface area contributed by atoms with Crippen molar-refractivity contribution in [1.82, 2.24) is 4.98 Å². The molecule has 2 aromatic carbocycles. The summed E-state index contributed by atoms with van der Waals surface area (Å²) >= 11 is 1.28. The summed E-state index contributed by atoms with van der Waals surface area (Å²) < 4.78 is 10.4. The van der Waals surface area contributed by atoms with Gasteiger partial charge in [0.1, 0.15) is 5.56 Å². The van der Waals surface area contributed by atoms with Gasteiger partial charge in [-0.05, 0) is 25.3 Å². The van der Waals surface area contributed by atoms with Crippen LogP contribution in [0.15, 0.2) is 46.2 Å². The number of thioether (sulfide) groups is 1. The maximum absolute atomic E-state index is 13.0. The summed E-state index contributed by atoms with van der Waals surface area (Å²) in [4.78, 5) is 28.6. The van der Waals surface area contributed by atoms with E-state index in [9.17, 15) is 9.59 Å². The molecule has 0 bridgehead atoms. The Hall–Kier alpha value is -2.31. The minimum atomic E-state index is -0.613. The zero-order chi connectivity index (χ0) is 17.8. The zero-order valence-electron chi connectivity index (χ0n) is 14.1. The number of carbonyl (C=O) groups excluding carboxylic acids is 1. The molecule has 25 heavy (non-hydrogen) atoms. The van der Waals surface area contributed by atoms with Crippen molar-refractivity contribution in [2.75, 3.05) is 19.2 Å². The van der Waals surface area contributed by atoms with Gasteiger partial charge in [-0.15, -0.1) is 0 Å².